The summed E-state index contributed by atoms with van der Waals surface area (Å²) in [5, 5.41) is 10.6. The molecule has 0 atom stereocenters. The molecule has 1 aliphatic rings. The number of halogens is 1. The molecule has 6 nitrogen and oxygen atoms in total. The van der Waals surface area contributed by atoms with E-state index in [9.17, 15) is 18.3 Å². The number of benzene rings is 2. The maximum atomic E-state index is 13.0. The second-order valence-corrected chi connectivity index (χ2v) is 9.87. The van der Waals surface area contributed by atoms with Crippen molar-refractivity contribution >= 4 is 38.5 Å². The number of hydrogen-bond acceptors (Lipinski definition) is 3. The van der Waals surface area contributed by atoms with Gasteiger partial charge >= 0.3 is 5.97 Å². The molecular formula is C22H23ClN2O4S. The van der Waals surface area contributed by atoms with Gasteiger partial charge in [0.15, 0.2) is 0 Å². The zero-order valence-electron chi connectivity index (χ0n) is 16.5. The van der Waals surface area contributed by atoms with Crippen LogP contribution in [0.15, 0.2) is 41.3 Å². The Hall–Kier alpha value is -2.35. The van der Waals surface area contributed by atoms with Crippen molar-refractivity contribution in [1.82, 2.24) is 9.71 Å². The number of carboxylic acid groups (broad SMARTS) is 1. The lowest BCUT2D eigenvalue weighted by Crippen LogP contribution is -2.36. The predicted octanol–water partition coefficient (Wildman–Crippen LogP) is 5.11. The first-order valence-electron chi connectivity index (χ1n) is 9.95. The molecule has 0 spiro atoms. The number of fused-ring (bicyclic) bond motifs is 1. The van der Waals surface area contributed by atoms with Gasteiger partial charge in [-0.15, -0.1) is 0 Å². The van der Waals surface area contributed by atoms with Crippen LogP contribution >= 0.6 is 11.6 Å². The highest BCUT2D eigenvalue weighted by Crippen LogP contribution is 2.35. The van der Waals surface area contributed by atoms with Gasteiger partial charge in [-0.25, -0.2) is 17.9 Å². The molecule has 2 aromatic carbocycles. The molecule has 1 aromatic heterocycles. The Kier molecular flexibility index (Phi) is 5.61. The minimum absolute atomic E-state index is 0.0426. The Morgan fingerprint density at radius 1 is 1.17 bits per heavy atom. The fourth-order valence-corrected chi connectivity index (χ4v) is 6.06. The average molecular weight is 447 g/mol. The lowest BCUT2D eigenvalue weighted by Gasteiger charge is -2.23. The SMILES string of the molecule is Cc1cccc2[nH]c(-c3ccc(Cl)c(S(=O)(=O)NC4CCCCC4)c3)c(C(=O)O)c12. The van der Waals surface area contributed by atoms with Gasteiger partial charge in [-0.1, -0.05) is 49.1 Å². The summed E-state index contributed by atoms with van der Waals surface area (Å²) < 4.78 is 28.8. The highest BCUT2D eigenvalue weighted by atomic mass is 35.5. The number of H-pyrrole nitrogens is 1. The smallest absolute Gasteiger partial charge is 0.338 e. The number of aromatic amines is 1. The van der Waals surface area contributed by atoms with Crippen LogP contribution in [0, 0.1) is 6.92 Å². The van der Waals surface area contributed by atoms with Crippen molar-refractivity contribution in [2.24, 2.45) is 0 Å². The van der Waals surface area contributed by atoms with E-state index in [0.29, 0.717) is 22.2 Å². The van der Waals surface area contributed by atoms with E-state index in [1.54, 1.807) is 12.1 Å². The largest absolute Gasteiger partial charge is 0.478 e. The van der Waals surface area contributed by atoms with E-state index < -0.39 is 16.0 Å². The first-order chi connectivity index (χ1) is 14.3. The van der Waals surface area contributed by atoms with E-state index >= 15 is 0 Å². The van der Waals surface area contributed by atoms with E-state index in [-0.39, 0.29) is 21.5 Å². The van der Waals surface area contributed by atoms with Crippen molar-refractivity contribution in [3.63, 3.8) is 0 Å². The molecular weight excluding hydrogens is 424 g/mol. The molecule has 1 fully saturated rings. The lowest BCUT2D eigenvalue weighted by atomic mass is 9.96. The number of rotatable bonds is 5. The van der Waals surface area contributed by atoms with Crippen molar-refractivity contribution in [3.05, 3.63) is 52.5 Å². The summed E-state index contributed by atoms with van der Waals surface area (Å²) in [6.07, 6.45) is 4.73. The van der Waals surface area contributed by atoms with Gasteiger partial charge in [-0.2, -0.15) is 0 Å². The summed E-state index contributed by atoms with van der Waals surface area (Å²) >= 11 is 6.25. The molecule has 0 bridgehead atoms. The highest BCUT2D eigenvalue weighted by Gasteiger charge is 2.26. The molecule has 3 N–H and O–H groups in total. The predicted molar refractivity (Wildman–Crippen MR) is 118 cm³/mol. The second-order valence-electron chi connectivity index (χ2n) is 7.78. The maximum absolute atomic E-state index is 13.0. The normalized spacial score (nSPS) is 15.5. The number of carbonyl (C=O) groups is 1. The molecule has 8 heteroatoms. The molecule has 4 rings (SSSR count). The average Bonchev–Trinajstić information content (AvgIpc) is 3.10. The fourth-order valence-electron chi connectivity index (χ4n) is 4.22. The number of nitrogens with one attached hydrogen (secondary N) is 2. The topological polar surface area (TPSA) is 99.3 Å². The lowest BCUT2D eigenvalue weighted by molar-refractivity contribution is 0.0700. The van der Waals surface area contributed by atoms with Crippen LogP contribution in [0.25, 0.3) is 22.2 Å². The Morgan fingerprint density at radius 3 is 2.60 bits per heavy atom. The molecule has 158 valence electrons. The second kappa shape index (κ2) is 8.06. The van der Waals surface area contributed by atoms with Crippen LogP contribution in [-0.4, -0.2) is 30.5 Å². The van der Waals surface area contributed by atoms with Gasteiger partial charge in [0.25, 0.3) is 0 Å². The van der Waals surface area contributed by atoms with Crippen molar-refractivity contribution in [1.29, 1.82) is 0 Å². The highest BCUT2D eigenvalue weighted by molar-refractivity contribution is 7.89. The minimum Gasteiger partial charge on any atom is -0.478 e. The Morgan fingerprint density at radius 2 is 1.90 bits per heavy atom. The van der Waals surface area contributed by atoms with Crippen LogP contribution in [0.3, 0.4) is 0 Å². The van der Waals surface area contributed by atoms with Crippen molar-refractivity contribution in [2.45, 2.75) is 50.0 Å². The van der Waals surface area contributed by atoms with E-state index in [1.807, 2.05) is 19.1 Å². The van der Waals surface area contributed by atoms with Crippen LogP contribution in [0.4, 0.5) is 0 Å². The molecule has 3 aromatic rings. The maximum Gasteiger partial charge on any atom is 0.338 e. The number of aryl methyl sites for hydroxylation is 1. The standard InChI is InChI=1S/C22H23ClN2O4S/c1-13-6-5-9-17-19(13)20(22(26)27)21(24-17)14-10-11-16(23)18(12-14)30(28,29)25-15-7-3-2-4-8-15/h5-6,9-12,15,24-25H,2-4,7-8H2,1H3,(H,26,27). The summed E-state index contributed by atoms with van der Waals surface area (Å²) in [6.45, 7) is 1.85. The van der Waals surface area contributed by atoms with Crippen molar-refractivity contribution in [2.75, 3.05) is 0 Å². The van der Waals surface area contributed by atoms with Crippen molar-refractivity contribution in [3.8, 4) is 11.3 Å². The van der Waals surface area contributed by atoms with E-state index in [0.717, 1.165) is 37.7 Å². The van der Waals surface area contributed by atoms with Gasteiger partial charge in [0.1, 0.15) is 4.90 Å². The number of hydrogen-bond donors (Lipinski definition) is 3. The van der Waals surface area contributed by atoms with Crippen LogP contribution in [-0.2, 0) is 10.0 Å². The van der Waals surface area contributed by atoms with Gasteiger partial charge in [0, 0.05) is 22.5 Å². The number of aromatic nitrogens is 1. The van der Waals surface area contributed by atoms with Gasteiger partial charge in [0.05, 0.1) is 16.3 Å². The summed E-state index contributed by atoms with van der Waals surface area (Å²) in [5.41, 5.74) is 2.44. The van der Waals surface area contributed by atoms with Gasteiger partial charge in [-0.05, 0) is 43.5 Å². The molecule has 1 aliphatic carbocycles. The van der Waals surface area contributed by atoms with Crippen LogP contribution in [0.5, 0.6) is 0 Å². The first-order valence-corrected chi connectivity index (χ1v) is 11.8. The molecule has 0 aliphatic heterocycles. The molecule has 0 amide bonds. The van der Waals surface area contributed by atoms with Gasteiger partial charge < -0.3 is 10.1 Å². The number of aromatic carboxylic acids is 1. The molecule has 0 saturated heterocycles. The van der Waals surface area contributed by atoms with Gasteiger partial charge in [0.2, 0.25) is 10.0 Å². The number of sulfonamides is 1. The zero-order valence-corrected chi connectivity index (χ0v) is 18.1. The summed E-state index contributed by atoms with van der Waals surface area (Å²) in [5.74, 6) is -1.08. The monoisotopic (exact) mass is 446 g/mol. The Bertz CT molecular complexity index is 1230. The summed E-state index contributed by atoms with van der Waals surface area (Å²) in [7, 11) is -3.84. The Labute approximate surface area is 180 Å². The summed E-state index contributed by atoms with van der Waals surface area (Å²) in [6, 6.07) is 9.96. The minimum atomic E-state index is -3.84. The molecule has 1 saturated carbocycles. The third-order valence-corrected chi connectivity index (χ3v) is 7.68. The Balaban J connectivity index is 1.82. The quantitative estimate of drug-likeness (QED) is 0.507. The number of carboxylic acids is 1. The fraction of sp³-hybridized carbons (Fsp3) is 0.318. The third kappa shape index (κ3) is 3.85. The molecule has 0 unspecified atom stereocenters. The first kappa shape index (κ1) is 20.9. The van der Waals surface area contributed by atoms with Crippen LogP contribution in [0.1, 0.15) is 48.0 Å². The van der Waals surface area contributed by atoms with Crippen LogP contribution in [0.2, 0.25) is 5.02 Å². The third-order valence-electron chi connectivity index (χ3n) is 5.68. The van der Waals surface area contributed by atoms with E-state index in [4.69, 9.17) is 11.6 Å². The molecule has 0 radical (unpaired) electrons. The molecule has 1 heterocycles. The van der Waals surface area contributed by atoms with E-state index in [2.05, 4.69) is 9.71 Å². The van der Waals surface area contributed by atoms with E-state index in [1.165, 1.54) is 12.1 Å². The summed E-state index contributed by atoms with van der Waals surface area (Å²) in [4.78, 5) is 15.2. The van der Waals surface area contributed by atoms with Gasteiger partial charge in [-0.3, -0.25) is 0 Å². The zero-order chi connectivity index (χ0) is 21.5. The van der Waals surface area contributed by atoms with Crippen molar-refractivity contribution < 1.29 is 18.3 Å². The van der Waals surface area contributed by atoms with Crippen LogP contribution < -0.4 is 4.72 Å². The molecule has 30 heavy (non-hydrogen) atoms.